The van der Waals surface area contributed by atoms with Crippen LogP contribution in [0.5, 0.6) is 0 Å². The van der Waals surface area contributed by atoms with Gasteiger partial charge in [-0.25, -0.2) is 0 Å². The quantitative estimate of drug-likeness (QED) is 0.563. The molecular weight excluding hydrogens is 206 g/mol. The number of aromatic nitrogens is 1. The number of fused-ring (bicyclic) bond motifs is 3. The molecule has 1 heterocycles. The molecule has 1 aromatic heterocycles. The van der Waals surface area contributed by atoms with Crippen LogP contribution in [0.15, 0.2) is 18.2 Å². The summed E-state index contributed by atoms with van der Waals surface area (Å²) < 4.78 is 0. The molecule has 0 amide bonds. The molecule has 0 N–H and O–H groups in total. The van der Waals surface area contributed by atoms with Crippen molar-refractivity contribution in [2.45, 2.75) is 34.1 Å². The first-order valence-electron chi connectivity index (χ1n) is 6.15. The Hall–Kier alpha value is -1.63. The molecule has 0 spiro atoms. The van der Waals surface area contributed by atoms with Gasteiger partial charge in [-0.3, -0.25) is 4.98 Å². The number of hydrogen-bond donors (Lipinski definition) is 0. The fourth-order valence-electron chi connectivity index (χ4n) is 2.94. The lowest BCUT2D eigenvalue weighted by Gasteiger charge is -2.10. The van der Waals surface area contributed by atoms with Crippen LogP contribution in [-0.2, 0) is 6.42 Å². The molecule has 2 aromatic rings. The zero-order valence-electron chi connectivity index (χ0n) is 10.9. The van der Waals surface area contributed by atoms with Gasteiger partial charge in [-0.15, -0.1) is 0 Å². The Morgan fingerprint density at radius 1 is 0.941 bits per heavy atom. The molecule has 0 aliphatic heterocycles. The largest absolute Gasteiger partial charge is 0.258 e. The standard InChI is InChI=1S/C16H17N/c1-9-6-5-7-13-14(9)8-15-10(2)11(3)17-12(4)16(13)15/h5-7H,8H2,1-4H3. The average molecular weight is 223 g/mol. The summed E-state index contributed by atoms with van der Waals surface area (Å²) in [5, 5.41) is 0. The maximum atomic E-state index is 4.67. The molecule has 1 aliphatic rings. The van der Waals surface area contributed by atoms with Gasteiger partial charge in [0.1, 0.15) is 0 Å². The summed E-state index contributed by atoms with van der Waals surface area (Å²) in [7, 11) is 0. The van der Waals surface area contributed by atoms with E-state index in [9.17, 15) is 0 Å². The number of pyridine rings is 1. The van der Waals surface area contributed by atoms with Gasteiger partial charge in [-0.1, -0.05) is 18.2 Å². The molecule has 0 saturated heterocycles. The molecule has 86 valence electrons. The fraction of sp³-hybridized carbons (Fsp3) is 0.312. The number of aryl methyl sites for hydroxylation is 3. The maximum Gasteiger partial charge on any atom is 0.0457 e. The maximum absolute atomic E-state index is 4.67. The third-order valence-electron chi connectivity index (χ3n) is 4.03. The van der Waals surface area contributed by atoms with E-state index in [1.165, 1.54) is 44.8 Å². The monoisotopic (exact) mass is 223 g/mol. The minimum Gasteiger partial charge on any atom is -0.258 e. The highest BCUT2D eigenvalue weighted by Gasteiger charge is 2.24. The van der Waals surface area contributed by atoms with Crippen LogP contribution in [0.25, 0.3) is 11.1 Å². The Morgan fingerprint density at radius 2 is 1.71 bits per heavy atom. The van der Waals surface area contributed by atoms with E-state index in [0.29, 0.717) is 0 Å². The van der Waals surface area contributed by atoms with Crippen LogP contribution in [0.1, 0.15) is 33.6 Å². The molecule has 0 saturated carbocycles. The molecule has 1 aromatic carbocycles. The Kier molecular flexibility index (Phi) is 2.12. The zero-order valence-corrected chi connectivity index (χ0v) is 10.9. The van der Waals surface area contributed by atoms with Crippen LogP contribution in [0.4, 0.5) is 0 Å². The molecule has 0 bridgehead atoms. The van der Waals surface area contributed by atoms with E-state index in [-0.39, 0.29) is 0 Å². The van der Waals surface area contributed by atoms with Gasteiger partial charge in [0.15, 0.2) is 0 Å². The van der Waals surface area contributed by atoms with E-state index >= 15 is 0 Å². The first kappa shape index (κ1) is 10.5. The van der Waals surface area contributed by atoms with Crippen LogP contribution in [-0.4, -0.2) is 4.98 Å². The predicted molar refractivity (Wildman–Crippen MR) is 71.4 cm³/mol. The summed E-state index contributed by atoms with van der Waals surface area (Å²) in [5.41, 5.74) is 10.9. The highest BCUT2D eigenvalue weighted by atomic mass is 14.7. The third kappa shape index (κ3) is 1.35. The van der Waals surface area contributed by atoms with Gasteiger partial charge in [0.2, 0.25) is 0 Å². The van der Waals surface area contributed by atoms with Crippen molar-refractivity contribution in [2.24, 2.45) is 0 Å². The molecule has 1 aliphatic carbocycles. The Labute approximate surface area is 103 Å². The van der Waals surface area contributed by atoms with Crippen LogP contribution in [0.3, 0.4) is 0 Å². The summed E-state index contributed by atoms with van der Waals surface area (Å²) in [6.45, 7) is 8.64. The summed E-state index contributed by atoms with van der Waals surface area (Å²) in [6, 6.07) is 6.59. The van der Waals surface area contributed by atoms with E-state index in [1.54, 1.807) is 0 Å². The highest BCUT2D eigenvalue weighted by molar-refractivity contribution is 5.80. The Balaban J connectivity index is 2.38. The van der Waals surface area contributed by atoms with Gasteiger partial charge in [-0.2, -0.15) is 0 Å². The van der Waals surface area contributed by atoms with E-state index in [1.807, 2.05) is 0 Å². The summed E-state index contributed by atoms with van der Waals surface area (Å²) >= 11 is 0. The van der Waals surface area contributed by atoms with Gasteiger partial charge >= 0.3 is 0 Å². The molecule has 1 heteroatoms. The Bertz CT molecular complexity index is 624. The molecular formula is C16H17N. The predicted octanol–water partition coefficient (Wildman–Crippen LogP) is 3.89. The minimum atomic E-state index is 1.08. The Morgan fingerprint density at radius 3 is 2.47 bits per heavy atom. The third-order valence-corrected chi connectivity index (χ3v) is 4.03. The minimum absolute atomic E-state index is 1.08. The van der Waals surface area contributed by atoms with Gasteiger partial charge in [0.05, 0.1) is 0 Å². The number of benzene rings is 1. The summed E-state index contributed by atoms with van der Waals surface area (Å²) in [6.07, 6.45) is 1.08. The first-order chi connectivity index (χ1) is 8.09. The lowest BCUT2D eigenvalue weighted by molar-refractivity contribution is 1.06. The molecule has 17 heavy (non-hydrogen) atoms. The number of nitrogens with zero attached hydrogens (tertiary/aromatic N) is 1. The van der Waals surface area contributed by atoms with Crippen molar-refractivity contribution in [3.8, 4) is 11.1 Å². The van der Waals surface area contributed by atoms with Crippen molar-refractivity contribution in [2.75, 3.05) is 0 Å². The van der Waals surface area contributed by atoms with Crippen molar-refractivity contribution in [1.29, 1.82) is 0 Å². The highest BCUT2D eigenvalue weighted by Crippen LogP contribution is 2.41. The average Bonchev–Trinajstić information content (AvgIpc) is 2.67. The SMILES string of the molecule is Cc1cccc2c1Cc1c(C)c(C)nc(C)c1-2. The molecule has 0 atom stereocenters. The van der Waals surface area contributed by atoms with Crippen molar-refractivity contribution >= 4 is 0 Å². The second-order valence-corrected chi connectivity index (χ2v) is 5.04. The van der Waals surface area contributed by atoms with Crippen LogP contribution in [0.2, 0.25) is 0 Å². The smallest absolute Gasteiger partial charge is 0.0457 e. The number of rotatable bonds is 0. The van der Waals surface area contributed by atoms with Crippen molar-refractivity contribution in [3.63, 3.8) is 0 Å². The van der Waals surface area contributed by atoms with Crippen LogP contribution >= 0.6 is 0 Å². The molecule has 0 radical (unpaired) electrons. The zero-order chi connectivity index (χ0) is 12.2. The second kappa shape index (κ2) is 3.43. The first-order valence-corrected chi connectivity index (χ1v) is 6.15. The van der Waals surface area contributed by atoms with Crippen LogP contribution < -0.4 is 0 Å². The summed E-state index contributed by atoms with van der Waals surface area (Å²) in [5.74, 6) is 0. The van der Waals surface area contributed by atoms with Gasteiger partial charge in [0, 0.05) is 17.0 Å². The van der Waals surface area contributed by atoms with Gasteiger partial charge < -0.3 is 0 Å². The normalized spacial score (nSPS) is 12.5. The van der Waals surface area contributed by atoms with E-state index in [4.69, 9.17) is 0 Å². The van der Waals surface area contributed by atoms with E-state index in [2.05, 4.69) is 50.9 Å². The molecule has 3 rings (SSSR count). The van der Waals surface area contributed by atoms with Gasteiger partial charge in [0.25, 0.3) is 0 Å². The fourth-order valence-corrected chi connectivity index (χ4v) is 2.94. The summed E-state index contributed by atoms with van der Waals surface area (Å²) in [4.78, 5) is 4.67. The lowest BCUT2D eigenvalue weighted by Crippen LogP contribution is -1.97. The number of hydrogen-bond acceptors (Lipinski definition) is 1. The molecule has 0 unspecified atom stereocenters. The van der Waals surface area contributed by atoms with Crippen molar-refractivity contribution < 1.29 is 0 Å². The van der Waals surface area contributed by atoms with E-state index in [0.717, 1.165) is 6.42 Å². The van der Waals surface area contributed by atoms with Crippen LogP contribution in [0, 0.1) is 27.7 Å². The topological polar surface area (TPSA) is 12.9 Å². The van der Waals surface area contributed by atoms with Gasteiger partial charge in [-0.05, 0) is 61.9 Å². The molecule has 0 fully saturated rings. The van der Waals surface area contributed by atoms with Crippen molar-refractivity contribution in [1.82, 2.24) is 4.98 Å². The van der Waals surface area contributed by atoms with Crippen molar-refractivity contribution in [3.05, 3.63) is 51.8 Å². The molecule has 1 nitrogen and oxygen atoms in total. The lowest BCUT2D eigenvalue weighted by atomic mass is 10.00. The van der Waals surface area contributed by atoms with E-state index < -0.39 is 0 Å². The second-order valence-electron chi connectivity index (χ2n) is 5.04.